The molecule has 1 atom stereocenters. The van der Waals surface area contributed by atoms with Crippen molar-refractivity contribution in [2.45, 2.75) is 60.6 Å². The molecule has 2 heteroatoms. The summed E-state index contributed by atoms with van der Waals surface area (Å²) in [4.78, 5) is 0. The van der Waals surface area contributed by atoms with Gasteiger partial charge in [-0.2, -0.15) is 11.1 Å². The van der Waals surface area contributed by atoms with Gasteiger partial charge in [0.1, 0.15) is 0 Å². The number of hydrogen-bond donors (Lipinski definition) is 0. The number of hydrogen-bond acceptors (Lipinski definition) is 0. The Balaban J connectivity index is 0.000000220. The monoisotopic (exact) mass is 502 g/mol. The molecule has 1 unspecified atom stereocenters. The van der Waals surface area contributed by atoms with E-state index in [1.807, 2.05) is 0 Å². The molecule has 0 amide bonds. The minimum absolute atomic E-state index is 0.210. The molecule has 0 radical (unpaired) electrons. The number of allylic oxidation sites excluding steroid dienone is 4. The molecular weight excluding hydrogens is 468 g/mol. The third-order valence-electron chi connectivity index (χ3n) is 5.75. The Morgan fingerprint density at radius 2 is 1.48 bits per heavy atom. The SMILES string of the molecule is CC(C)c1[cH-]c2ccccc2c1-c1ccccc1.CC1=[C-]C(C)C(C)=C1C.C[Si](C)=[Zr+2]. The van der Waals surface area contributed by atoms with Gasteiger partial charge in [0, 0.05) is 0 Å². The van der Waals surface area contributed by atoms with Crippen LogP contribution in [0.3, 0.4) is 0 Å². The maximum absolute atomic E-state index is 3.36. The van der Waals surface area contributed by atoms with Crippen molar-refractivity contribution < 1.29 is 23.3 Å². The van der Waals surface area contributed by atoms with Crippen LogP contribution in [0.15, 0.2) is 77.4 Å². The maximum atomic E-state index is 3.36. The Bertz CT molecular complexity index is 1080. The number of fused-ring (bicyclic) bond motifs is 1. The van der Waals surface area contributed by atoms with Crippen molar-refractivity contribution in [3.05, 3.63) is 89.0 Å². The van der Waals surface area contributed by atoms with Gasteiger partial charge in [0.25, 0.3) is 0 Å². The van der Waals surface area contributed by atoms with Crippen LogP contribution in [-0.2, 0) is 23.3 Å². The van der Waals surface area contributed by atoms with Gasteiger partial charge in [-0.15, -0.1) is 53.1 Å². The van der Waals surface area contributed by atoms with Crippen LogP contribution in [0.4, 0.5) is 0 Å². The third kappa shape index (κ3) is 7.06. The molecule has 0 heterocycles. The van der Waals surface area contributed by atoms with Crippen molar-refractivity contribution in [2.75, 3.05) is 0 Å². The van der Waals surface area contributed by atoms with E-state index < -0.39 is 0 Å². The van der Waals surface area contributed by atoms with E-state index in [4.69, 9.17) is 0 Å². The van der Waals surface area contributed by atoms with E-state index in [2.05, 4.69) is 121 Å². The standard InChI is InChI=1S/C18H17.C9H13.C2H6Si.Zr/c1-13(2)17-12-15-10-6-7-11-16(15)18(17)14-8-4-3-5-9-14;1-6-5-7(2)9(4)8(6)3;1-3-2;/h3-13H,1-2H3;6H,1-4H3;1-2H3;/q2*-1;;+2. The average Bonchev–Trinajstić information content (AvgIpc) is 3.22. The van der Waals surface area contributed by atoms with Crippen LogP contribution >= 0.6 is 0 Å². The van der Waals surface area contributed by atoms with E-state index in [1.54, 1.807) is 23.3 Å². The molecule has 0 fully saturated rings. The predicted octanol–water partition coefficient (Wildman–Crippen LogP) is 8.86. The minimum atomic E-state index is 0.210. The summed E-state index contributed by atoms with van der Waals surface area (Å²) in [7, 11) is 0. The fraction of sp³-hybridized carbons (Fsp3) is 0.345. The van der Waals surface area contributed by atoms with Gasteiger partial charge in [0.05, 0.1) is 0 Å². The molecule has 0 saturated heterocycles. The topological polar surface area (TPSA) is 0 Å². The van der Waals surface area contributed by atoms with Gasteiger partial charge < -0.3 is 0 Å². The van der Waals surface area contributed by atoms with Crippen molar-refractivity contribution in [1.29, 1.82) is 0 Å². The first-order chi connectivity index (χ1) is 14.6. The normalized spacial score (nSPS) is 15.3. The average molecular weight is 504 g/mol. The Morgan fingerprint density at radius 1 is 0.935 bits per heavy atom. The van der Waals surface area contributed by atoms with Crippen LogP contribution in [0.2, 0.25) is 13.1 Å². The number of rotatable bonds is 2. The fourth-order valence-corrected chi connectivity index (χ4v) is 3.79. The Hall–Kier alpha value is -1.37. The molecule has 1 aliphatic rings. The quantitative estimate of drug-likeness (QED) is 0.242. The van der Waals surface area contributed by atoms with Crippen LogP contribution in [-0.4, -0.2) is 5.43 Å². The van der Waals surface area contributed by atoms with E-state index in [0.717, 1.165) is 0 Å². The van der Waals surface area contributed by atoms with Crippen molar-refractivity contribution in [3.8, 4) is 11.1 Å². The first-order valence-corrected chi connectivity index (χ1v) is 17.4. The van der Waals surface area contributed by atoms with E-state index in [-0.39, 0.29) is 5.43 Å². The Morgan fingerprint density at radius 3 is 1.94 bits per heavy atom. The molecule has 160 valence electrons. The van der Waals surface area contributed by atoms with Gasteiger partial charge >= 0.3 is 41.9 Å². The molecule has 0 N–H and O–H groups in total. The summed E-state index contributed by atoms with van der Waals surface area (Å²) in [5, 5.41) is 2.72. The van der Waals surface area contributed by atoms with Crippen LogP contribution in [0, 0.1) is 12.0 Å². The molecule has 0 saturated carbocycles. The zero-order valence-corrected chi connectivity index (χ0v) is 23.9. The zero-order chi connectivity index (χ0) is 23.1. The summed E-state index contributed by atoms with van der Waals surface area (Å²) in [6.45, 7) is 17.8. The van der Waals surface area contributed by atoms with Crippen molar-refractivity contribution in [3.63, 3.8) is 0 Å². The van der Waals surface area contributed by atoms with Crippen LogP contribution in [0.1, 0.15) is 53.0 Å². The van der Waals surface area contributed by atoms with E-state index in [9.17, 15) is 0 Å². The second-order valence-corrected chi connectivity index (χ2v) is 18.3. The summed E-state index contributed by atoms with van der Waals surface area (Å²) in [5.41, 5.74) is 8.63. The Labute approximate surface area is 205 Å². The van der Waals surface area contributed by atoms with Gasteiger partial charge in [0.15, 0.2) is 0 Å². The van der Waals surface area contributed by atoms with Crippen molar-refractivity contribution >= 4 is 16.2 Å². The summed E-state index contributed by atoms with van der Waals surface area (Å²) in [6.07, 6.45) is 3.36. The molecule has 0 nitrogen and oxygen atoms in total. The van der Waals surface area contributed by atoms with Gasteiger partial charge in [-0.25, -0.2) is 5.57 Å². The molecule has 3 aromatic carbocycles. The first kappa shape index (κ1) is 25.9. The molecule has 1 aliphatic carbocycles. The molecule has 0 aliphatic heterocycles. The van der Waals surface area contributed by atoms with Gasteiger partial charge in [-0.3, -0.25) is 6.08 Å². The summed E-state index contributed by atoms with van der Waals surface area (Å²) in [6, 6.07) is 21.7. The van der Waals surface area contributed by atoms with Gasteiger partial charge in [-0.1, -0.05) is 82.5 Å². The molecular formula is C29H36SiZr. The first-order valence-electron chi connectivity index (χ1n) is 11.2. The van der Waals surface area contributed by atoms with Gasteiger partial charge in [0.2, 0.25) is 0 Å². The molecule has 0 spiro atoms. The predicted molar refractivity (Wildman–Crippen MR) is 137 cm³/mol. The number of benzene rings is 2. The summed E-state index contributed by atoms with van der Waals surface area (Å²) in [5.74, 6) is 1.11. The molecule has 0 aromatic heterocycles. The molecule has 3 aromatic rings. The fourth-order valence-electron chi connectivity index (χ4n) is 3.79. The summed E-state index contributed by atoms with van der Waals surface area (Å²) < 4.78 is 0. The third-order valence-corrected chi connectivity index (χ3v) is 5.75. The van der Waals surface area contributed by atoms with Crippen molar-refractivity contribution in [2.24, 2.45) is 5.92 Å². The van der Waals surface area contributed by atoms with Crippen molar-refractivity contribution in [1.82, 2.24) is 0 Å². The van der Waals surface area contributed by atoms with E-state index in [1.165, 1.54) is 44.2 Å². The molecule has 31 heavy (non-hydrogen) atoms. The zero-order valence-electron chi connectivity index (χ0n) is 20.4. The van der Waals surface area contributed by atoms with Crippen LogP contribution in [0.5, 0.6) is 0 Å². The Kier molecular flexibility index (Phi) is 10.0. The van der Waals surface area contributed by atoms with Crippen LogP contribution < -0.4 is 0 Å². The second-order valence-electron chi connectivity index (χ2n) is 8.88. The summed E-state index contributed by atoms with van der Waals surface area (Å²) >= 11 is 1.74. The second kappa shape index (κ2) is 12.0. The van der Waals surface area contributed by atoms with Crippen LogP contribution in [0.25, 0.3) is 21.9 Å². The molecule has 0 bridgehead atoms. The molecule has 4 rings (SSSR count). The van der Waals surface area contributed by atoms with E-state index in [0.29, 0.717) is 11.8 Å². The van der Waals surface area contributed by atoms with Gasteiger partial charge in [-0.05, 0) is 5.92 Å². The van der Waals surface area contributed by atoms with E-state index >= 15 is 0 Å².